The zero-order chi connectivity index (χ0) is 45.5. The summed E-state index contributed by atoms with van der Waals surface area (Å²) in [4.78, 5) is 94.5. The number of hydrogen-bond acceptors (Lipinski definition) is 11. The van der Waals surface area contributed by atoms with Gasteiger partial charge in [0.2, 0.25) is 35.4 Å². The molecule has 6 amide bonds. The molecule has 25 heteroatoms. The topological polar surface area (TPSA) is 396 Å². The maximum atomic E-state index is 13.9. The van der Waals surface area contributed by atoms with E-state index in [2.05, 4.69) is 70.7 Å². The zero-order valence-corrected chi connectivity index (χ0v) is 35.6. The van der Waals surface area contributed by atoms with Crippen LogP contribution >= 0.6 is 12.6 Å². The van der Waals surface area contributed by atoms with Crippen LogP contribution in [0.25, 0.3) is 10.4 Å². The first-order chi connectivity index (χ1) is 28.5. The third-order valence-corrected chi connectivity index (χ3v) is 9.20. The van der Waals surface area contributed by atoms with Gasteiger partial charge >= 0.3 is 5.97 Å². The molecule has 0 aliphatic heterocycles. The number of nitrogens with zero attached hydrogens (tertiary/aromatic N) is 3. The predicted octanol–water partition coefficient (Wildman–Crippen LogP) is -1.18. The first kappa shape index (κ1) is 54.3. The Kier molecular flexibility index (Phi) is 29.1. The van der Waals surface area contributed by atoms with E-state index in [0.717, 1.165) is 0 Å². The third kappa shape index (κ3) is 24.9. The molecular formula is C35H66N16O8S. The van der Waals surface area contributed by atoms with E-state index in [1.165, 1.54) is 6.92 Å². The lowest BCUT2D eigenvalue weighted by Crippen LogP contribution is -2.59. The van der Waals surface area contributed by atoms with Gasteiger partial charge in [0.1, 0.15) is 36.3 Å². The molecule has 0 radical (unpaired) electrons. The van der Waals surface area contributed by atoms with Crippen molar-refractivity contribution in [3.63, 3.8) is 0 Å². The van der Waals surface area contributed by atoms with Crippen LogP contribution in [0.4, 0.5) is 0 Å². The monoisotopic (exact) mass is 870 g/mol. The number of guanidine groups is 2. The molecule has 0 bridgehead atoms. The Labute approximate surface area is 355 Å². The van der Waals surface area contributed by atoms with E-state index in [0.29, 0.717) is 45.1 Å². The molecule has 0 spiro atoms. The second kappa shape index (κ2) is 32.2. The van der Waals surface area contributed by atoms with Crippen LogP contribution in [-0.2, 0) is 33.6 Å². The summed E-state index contributed by atoms with van der Waals surface area (Å²) in [6, 6.07) is -7.13. The summed E-state index contributed by atoms with van der Waals surface area (Å²) in [5.74, 6) is -6.22. The molecule has 16 N–H and O–H groups in total. The van der Waals surface area contributed by atoms with Crippen LogP contribution < -0.4 is 59.4 Å². The summed E-state index contributed by atoms with van der Waals surface area (Å²) in [7, 11) is 0. The molecule has 0 heterocycles. The van der Waals surface area contributed by atoms with Crippen LogP contribution in [-0.4, -0.2) is 120 Å². The highest BCUT2D eigenvalue weighted by atomic mass is 32.1. The molecule has 0 saturated heterocycles. The van der Waals surface area contributed by atoms with E-state index in [9.17, 15) is 38.7 Å². The number of carboxylic acids is 1. The van der Waals surface area contributed by atoms with Crippen LogP contribution in [0.2, 0.25) is 0 Å². The van der Waals surface area contributed by atoms with E-state index in [4.69, 9.17) is 27.8 Å². The molecule has 0 aliphatic carbocycles. The summed E-state index contributed by atoms with van der Waals surface area (Å²) in [6.07, 6.45) is 4.32. The zero-order valence-electron chi connectivity index (χ0n) is 34.7. The molecule has 0 aromatic heterocycles. The first-order valence-electron chi connectivity index (χ1n) is 20.1. The van der Waals surface area contributed by atoms with Crippen molar-refractivity contribution in [1.29, 1.82) is 10.8 Å². The molecule has 0 aliphatic rings. The summed E-state index contributed by atoms with van der Waals surface area (Å²) < 4.78 is 0. The van der Waals surface area contributed by atoms with E-state index < -0.39 is 77.7 Å². The van der Waals surface area contributed by atoms with Gasteiger partial charge in [0, 0.05) is 25.8 Å². The van der Waals surface area contributed by atoms with Crippen molar-refractivity contribution >= 4 is 66.0 Å². The van der Waals surface area contributed by atoms with E-state index in [1.807, 2.05) is 13.8 Å². The highest BCUT2D eigenvalue weighted by Crippen LogP contribution is 2.10. The summed E-state index contributed by atoms with van der Waals surface area (Å²) in [5, 5.41) is 48.4. The standard InChI is InChI=1S/C35H66N16O8S/c1-4-6-12-23(46-31(56)25(15-10-17-41-34(36)37)47-28(53)22(44-21(3)52)14-8-9-19-43-51-50-40)29(54)45-24(13-7-5-2)30(55)48-26(16-11-18-42-35(38)39)32(57)49-27(20-60)33(58)59/h22-27,43,60H,4-20H2,1-3H3,(H,44,52)(H,45,54)(H,46,56)(H,47,53)(H,48,55)(H,49,57)(H,58,59)(H4,36,37,41)(H4,38,39,42)/t22-,23-,24-,25-,26-,27+/m0/s1. The second-order valence-electron chi connectivity index (χ2n) is 13.9. The van der Waals surface area contributed by atoms with Crippen LogP contribution in [0.1, 0.15) is 104 Å². The van der Waals surface area contributed by atoms with Gasteiger partial charge in [-0.1, -0.05) is 39.5 Å². The smallest absolute Gasteiger partial charge is 0.327 e. The lowest BCUT2D eigenvalue weighted by Gasteiger charge is -2.27. The van der Waals surface area contributed by atoms with Crippen molar-refractivity contribution in [3.8, 4) is 0 Å². The van der Waals surface area contributed by atoms with Gasteiger partial charge in [-0.15, -0.1) is 5.53 Å². The van der Waals surface area contributed by atoms with Crippen molar-refractivity contribution in [2.45, 2.75) is 140 Å². The number of thiol groups is 1. The number of azide groups is 1. The van der Waals surface area contributed by atoms with Gasteiger partial charge in [-0.3, -0.25) is 45.0 Å². The van der Waals surface area contributed by atoms with Crippen LogP contribution in [0.5, 0.6) is 0 Å². The van der Waals surface area contributed by atoms with Crippen molar-refractivity contribution in [3.05, 3.63) is 10.4 Å². The number of carboxylic acid groups (broad SMARTS) is 1. The SMILES string of the molecule is CCCC[C@H](NC(=O)[C@H](CCCNC(=N)N)NC(=O)[C@H](CCCCNN=[N+]=[N-])NC(C)=O)C(=O)N[C@@H](CCCC)C(=O)N[C@@H](CCCNC(=N)N)C(=O)N[C@H](CS)C(=O)O. The molecule has 0 fully saturated rings. The third-order valence-electron chi connectivity index (χ3n) is 8.83. The van der Waals surface area contributed by atoms with Gasteiger partial charge in [-0.25, -0.2) is 4.79 Å². The van der Waals surface area contributed by atoms with Crippen LogP contribution in [0, 0.1) is 10.8 Å². The number of hydrogen-bond donors (Lipinski definition) is 15. The molecule has 340 valence electrons. The molecule has 60 heavy (non-hydrogen) atoms. The minimum absolute atomic E-state index is 0.0207. The lowest BCUT2D eigenvalue weighted by atomic mass is 10.0. The number of nitrogens with one attached hydrogen (secondary N) is 11. The van der Waals surface area contributed by atoms with E-state index in [-0.39, 0.29) is 75.7 Å². The van der Waals surface area contributed by atoms with Gasteiger partial charge < -0.3 is 59.1 Å². The van der Waals surface area contributed by atoms with Gasteiger partial charge in [-0.05, 0) is 63.0 Å². The number of rotatable bonds is 33. The van der Waals surface area contributed by atoms with Crippen molar-refractivity contribution in [1.82, 2.24) is 48.0 Å². The maximum absolute atomic E-state index is 13.9. The average molecular weight is 871 g/mol. The Hall–Kier alpha value is -5.71. The van der Waals surface area contributed by atoms with Gasteiger partial charge in [0.25, 0.3) is 0 Å². The first-order valence-corrected chi connectivity index (χ1v) is 20.7. The number of carbonyl (C=O) groups excluding carboxylic acids is 6. The normalized spacial score (nSPS) is 13.5. The summed E-state index contributed by atoms with van der Waals surface area (Å²) in [5.41, 5.74) is 21.7. The molecule has 0 rings (SSSR count). The second-order valence-corrected chi connectivity index (χ2v) is 14.3. The average Bonchev–Trinajstić information content (AvgIpc) is 3.19. The van der Waals surface area contributed by atoms with Crippen molar-refractivity contribution in [2.24, 2.45) is 16.7 Å². The fourth-order valence-corrected chi connectivity index (χ4v) is 5.89. The van der Waals surface area contributed by atoms with Gasteiger partial charge in [0.15, 0.2) is 11.9 Å². The Morgan fingerprint density at radius 3 is 1.27 bits per heavy atom. The number of aliphatic carboxylic acids is 1. The molecule has 0 aromatic carbocycles. The van der Waals surface area contributed by atoms with Gasteiger partial charge in [-0.2, -0.15) is 17.5 Å². The quantitative estimate of drug-likeness (QED) is 0.00541. The molecule has 0 saturated carbocycles. The molecule has 24 nitrogen and oxygen atoms in total. The Balaban J connectivity index is 6.34. The fourth-order valence-electron chi connectivity index (χ4n) is 5.65. The van der Waals surface area contributed by atoms with Gasteiger partial charge in [0.05, 0.1) is 6.54 Å². The summed E-state index contributed by atoms with van der Waals surface area (Å²) in [6.45, 7) is 5.70. The largest absolute Gasteiger partial charge is 0.480 e. The Morgan fingerprint density at radius 2 is 0.950 bits per heavy atom. The van der Waals surface area contributed by atoms with Crippen LogP contribution in [0.3, 0.4) is 0 Å². The van der Waals surface area contributed by atoms with Crippen molar-refractivity contribution in [2.75, 3.05) is 25.4 Å². The number of amides is 6. The van der Waals surface area contributed by atoms with E-state index in [1.54, 1.807) is 0 Å². The highest BCUT2D eigenvalue weighted by molar-refractivity contribution is 7.80. The number of unbranched alkanes of at least 4 members (excludes halogenated alkanes) is 3. The number of carbonyl (C=O) groups is 7. The van der Waals surface area contributed by atoms with E-state index >= 15 is 0 Å². The predicted molar refractivity (Wildman–Crippen MR) is 227 cm³/mol. The molecular weight excluding hydrogens is 805 g/mol. The molecule has 0 unspecified atom stereocenters. The lowest BCUT2D eigenvalue weighted by molar-refractivity contribution is -0.141. The Bertz CT molecular complexity index is 1470. The fraction of sp³-hybridized carbons (Fsp3) is 0.743. The summed E-state index contributed by atoms with van der Waals surface area (Å²) >= 11 is 3.98. The molecule has 6 atom stereocenters. The minimum atomic E-state index is -1.34. The number of nitrogens with two attached hydrogens (primary N) is 2. The highest BCUT2D eigenvalue weighted by Gasteiger charge is 2.33. The minimum Gasteiger partial charge on any atom is -0.480 e. The van der Waals surface area contributed by atoms with Crippen molar-refractivity contribution < 1.29 is 38.7 Å². The molecule has 0 aromatic rings. The Morgan fingerprint density at radius 1 is 0.600 bits per heavy atom. The maximum Gasteiger partial charge on any atom is 0.327 e. The van der Waals surface area contributed by atoms with Crippen LogP contribution in [0.15, 0.2) is 5.22 Å².